The van der Waals surface area contributed by atoms with Crippen LogP contribution in [0.5, 0.6) is 0 Å². The van der Waals surface area contributed by atoms with Gasteiger partial charge in [-0.1, -0.05) is 60.7 Å². The highest BCUT2D eigenvalue weighted by Crippen LogP contribution is 2.28. The van der Waals surface area contributed by atoms with E-state index in [4.69, 9.17) is 0 Å². The van der Waals surface area contributed by atoms with Crippen molar-refractivity contribution in [1.29, 1.82) is 0 Å². The summed E-state index contributed by atoms with van der Waals surface area (Å²) < 4.78 is 0. The lowest BCUT2D eigenvalue weighted by molar-refractivity contribution is -0.120. The minimum absolute atomic E-state index is 0.00262. The predicted octanol–water partition coefficient (Wildman–Crippen LogP) is 4.85. The maximum Gasteiger partial charge on any atom is 0.256 e. The minimum Gasteiger partial charge on any atom is -0.272 e. The standard InChI is InChI=1S/C28H26N4O2/c1-19-25(27(33)31(29-19)23-9-5-3-6-10-23)17-21-13-15-22(16-14-21)18-26-20(2)30-32(28(26)34)24-11-7-4-8-12-24/h3-16,25-26H,17-18H2,1-2H3. The monoisotopic (exact) mass is 450 g/mol. The van der Waals surface area contributed by atoms with Crippen LogP contribution in [0.4, 0.5) is 11.4 Å². The van der Waals surface area contributed by atoms with Crippen molar-refractivity contribution in [2.75, 3.05) is 10.0 Å². The molecule has 0 saturated heterocycles. The number of nitrogens with zero attached hydrogens (tertiary/aromatic N) is 4. The van der Waals surface area contributed by atoms with E-state index in [1.165, 1.54) is 10.0 Å². The van der Waals surface area contributed by atoms with Crippen molar-refractivity contribution in [3.63, 3.8) is 0 Å². The molecule has 2 amide bonds. The maximum atomic E-state index is 13.0. The molecule has 0 fully saturated rings. The summed E-state index contributed by atoms with van der Waals surface area (Å²) in [5.74, 6) is -0.540. The Morgan fingerprint density at radius 1 is 0.588 bits per heavy atom. The van der Waals surface area contributed by atoms with Crippen LogP contribution in [-0.2, 0) is 22.4 Å². The summed E-state index contributed by atoms with van der Waals surface area (Å²) in [7, 11) is 0. The molecule has 6 nitrogen and oxygen atoms in total. The fraction of sp³-hybridized carbons (Fsp3) is 0.214. The molecular weight excluding hydrogens is 424 g/mol. The Morgan fingerprint density at radius 3 is 1.29 bits per heavy atom. The molecule has 0 bridgehead atoms. The summed E-state index contributed by atoms with van der Waals surface area (Å²) in [5, 5.41) is 12.0. The van der Waals surface area contributed by atoms with E-state index in [1.807, 2.05) is 98.8 Å². The molecule has 3 aromatic carbocycles. The average molecular weight is 451 g/mol. The van der Waals surface area contributed by atoms with Crippen LogP contribution in [0.25, 0.3) is 0 Å². The van der Waals surface area contributed by atoms with E-state index in [9.17, 15) is 9.59 Å². The number of para-hydroxylation sites is 2. The van der Waals surface area contributed by atoms with E-state index in [0.717, 1.165) is 33.9 Å². The maximum absolute atomic E-state index is 13.0. The van der Waals surface area contributed by atoms with Gasteiger partial charge in [-0.25, -0.2) is 10.0 Å². The molecule has 0 aliphatic carbocycles. The molecule has 2 heterocycles. The highest BCUT2D eigenvalue weighted by molar-refractivity contribution is 6.15. The summed E-state index contributed by atoms with van der Waals surface area (Å²) in [6.45, 7) is 3.82. The van der Waals surface area contributed by atoms with Crippen molar-refractivity contribution >= 4 is 34.6 Å². The number of anilines is 2. The third-order valence-electron chi connectivity index (χ3n) is 6.44. The van der Waals surface area contributed by atoms with Crippen LogP contribution in [0.3, 0.4) is 0 Å². The number of amides is 2. The van der Waals surface area contributed by atoms with Crippen molar-refractivity contribution in [3.8, 4) is 0 Å². The van der Waals surface area contributed by atoms with Crippen LogP contribution < -0.4 is 10.0 Å². The Kier molecular flexibility index (Phi) is 5.80. The third-order valence-corrected chi connectivity index (χ3v) is 6.44. The fourth-order valence-corrected chi connectivity index (χ4v) is 4.47. The second kappa shape index (κ2) is 9.06. The molecule has 170 valence electrons. The summed E-state index contributed by atoms with van der Waals surface area (Å²) in [6.07, 6.45) is 1.20. The lowest BCUT2D eigenvalue weighted by Gasteiger charge is -2.15. The van der Waals surface area contributed by atoms with Gasteiger partial charge in [0.05, 0.1) is 23.2 Å². The number of carbonyl (C=O) groups is 2. The Labute approximate surface area is 199 Å². The minimum atomic E-state index is -0.267. The summed E-state index contributed by atoms with van der Waals surface area (Å²) in [4.78, 5) is 26.0. The normalized spacial score (nSPS) is 20.1. The molecular formula is C28H26N4O2. The Hall–Kier alpha value is -4.06. The molecule has 0 spiro atoms. The first-order chi connectivity index (χ1) is 16.5. The molecule has 0 N–H and O–H groups in total. The van der Waals surface area contributed by atoms with Crippen molar-refractivity contribution in [2.24, 2.45) is 22.0 Å². The first-order valence-corrected chi connectivity index (χ1v) is 11.5. The van der Waals surface area contributed by atoms with Crippen LogP contribution in [0.15, 0.2) is 95.1 Å². The van der Waals surface area contributed by atoms with Gasteiger partial charge in [-0.05, 0) is 62.1 Å². The molecule has 2 unspecified atom stereocenters. The van der Waals surface area contributed by atoms with E-state index in [-0.39, 0.29) is 23.7 Å². The lowest BCUT2D eigenvalue weighted by Crippen LogP contribution is -2.28. The first-order valence-electron chi connectivity index (χ1n) is 11.5. The number of hydrogen-bond acceptors (Lipinski definition) is 4. The van der Waals surface area contributed by atoms with Crippen LogP contribution >= 0.6 is 0 Å². The first kappa shape index (κ1) is 21.8. The van der Waals surface area contributed by atoms with Gasteiger partial charge >= 0.3 is 0 Å². The van der Waals surface area contributed by atoms with E-state index in [1.54, 1.807) is 0 Å². The average Bonchev–Trinajstić information content (AvgIpc) is 3.31. The smallest absolute Gasteiger partial charge is 0.256 e. The van der Waals surface area contributed by atoms with Gasteiger partial charge in [0.25, 0.3) is 11.8 Å². The van der Waals surface area contributed by atoms with E-state index in [2.05, 4.69) is 10.2 Å². The zero-order chi connectivity index (χ0) is 23.7. The van der Waals surface area contributed by atoms with Gasteiger partial charge in [0.2, 0.25) is 0 Å². The van der Waals surface area contributed by atoms with E-state index >= 15 is 0 Å². The second-order valence-electron chi connectivity index (χ2n) is 8.78. The van der Waals surface area contributed by atoms with Gasteiger partial charge in [0.15, 0.2) is 0 Å². The molecule has 2 aliphatic rings. The SMILES string of the molecule is CC1=NN(c2ccccc2)C(=O)C1Cc1ccc(CC2C(=O)N(c3ccccc3)N=C2C)cc1. The largest absolute Gasteiger partial charge is 0.272 e. The Bertz CT molecular complexity index is 1170. The topological polar surface area (TPSA) is 65.3 Å². The molecule has 5 rings (SSSR count). The number of benzene rings is 3. The highest BCUT2D eigenvalue weighted by atomic mass is 16.2. The van der Waals surface area contributed by atoms with Crippen molar-refractivity contribution in [2.45, 2.75) is 26.7 Å². The van der Waals surface area contributed by atoms with Gasteiger partial charge in [-0.3, -0.25) is 9.59 Å². The van der Waals surface area contributed by atoms with Crippen LogP contribution in [0.2, 0.25) is 0 Å². The van der Waals surface area contributed by atoms with Gasteiger partial charge in [-0.15, -0.1) is 0 Å². The molecule has 0 saturated carbocycles. The quantitative estimate of drug-likeness (QED) is 0.539. The number of carbonyl (C=O) groups excluding carboxylic acids is 2. The molecule has 6 heteroatoms. The summed E-state index contributed by atoms with van der Waals surface area (Å²) >= 11 is 0. The Balaban J connectivity index is 1.24. The van der Waals surface area contributed by atoms with E-state index < -0.39 is 0 Å². The van der Waals surface area contributed by atoms with Crippen LogP contribution in [0, 0.1) is 11.8 Å². The van der Waals surface area contributed by atoms with Crippen molar-refractivity contribution < 1.29 is 9.59 Å². The van der Waals surface area contributed by atoms with Crippen LogP contribution in [-0.4, -0.2) is 23.2 Å². The highest BCUT2D eigenvalue weighted by Gasteiger charge is 2.35. The summed E-state index contributed by atoms with van der Waals surface area (Å²) in [5.41, 5.74) is 5.35. The van der Waals surface area contributed by atoms with Crippen molar-refractivity contribution in [3.05, 3.63) is 96.1 Å². The van der Waals surface area contributed by atoms with Crippen molar-refractivity contribution in [1.82, 2.24) is 0 Å². The molecule has 0 aromatic heterocycles. The molecule has 2 aliphatic heterocycles. The fourth-order valence-electron chi connectivity index (χ4n) is 4.47. The number of hydrogen-bond donors (Lipinski definition) is 0. The molecule has 34 heavy (non-hydrogen) atoms. The molecule has 3 aromatic rings. The lowest BCUT2D eigenvalue weighted by atomic mass is 9.92. The Morgan fingerprint density at radius 2 is 0.941 bits per heavy atom. The van der Waals surface area contributed by atoms with Gasteiger partial charge < -0.3 is 0 Å². The summed E-state index contributed by atoms with van der Waals surface area (Å²) in [6, 6.07) is 27.2. The zero-order valence-electron chi connectivity index (χ0n) is 19.3. The van der Waals surface area contributed by atoms with Crippen LogP contribution in [0.1, 0.15) is 25.0 Å². The molecule has 0 radical (unpaired) electrons. The van der Waals surface area contributed by atoms with Gasteiger partial charge in [0, 0.05) is 11.4 Å². The van der Waals surface area contributed by atoms with Gasteiger partial charge in [0.1, 0.15) is 0 Å². The molecule has 2 atom stereocenters. The number of rotatable bonds is 6. The number of hydrazone groups is 2. The van der Waals surface area contributed by atoms with Gasteiger partial charge in [-0.2, -0.15) is 10.2 Å². The predicted molar refractivity (Wildman–Crippen MR) is 135 cm³/mol. The van der Waals surface area contributed by atoms with E-state index in [0.29, 0.717) is 12.8 Å². The zero-order valence-corrected chi connectivity index (χ0v) is 19.3. The second-order valence-corrected chi connectivity index (χ2v) is 8.78. The third kappa shape index (κ3) is 4.15.